The summed E-state index contributed by atoms with van der Waals surface area (Å²) in [4.78, 5) is 13.0. The van der Waals surface area contributed by atoms with Gasteiger partial charge in [-0.15, -0.1) is 0 Å². The molecular weight excluding hydrogens is 298 g/mol. The van der Waals surface area contributed by atoms with Crippen LogP contribution >= 0.6 is 0 Å². The Morgan fingerprint density at radius 3 is 2.57 bits per heavy atom. The summed E-state index contributed by atoms with van der Waals surface area (Å²) in [7, 11) is -1.58. The Balaban J connectivity index is 1.81. The van der Waals surface area contributed by atoms with Gasteiger partial charge in [0, 0.05) is 32.7 Å². The Morgan fingerprint density at radius 2 is 2.00 bits per heavy atom. The van der Waals surface area contributed by atoms with E-state index < -0.39 is 22.1 Å². The zero-order valence-electron chi connectivity index (χ0n) is 12.2. The van der Waals surface area contributed by atoms with Crippen molar-refractivity contribution in [2.24, 2.45) is 5.92 Å². The zero-order valence-corrected chi connectivity index (χ0v) is 13.0. The van der Waals surface area contributed by atoms with Gasteiger partial charge in [-0.25, -0.2) is 0 Å². The molecule has 0 aliphatic carbocycles. The molecule has 0 saturated carbocycles. The van der Waals surface area contributed by atoms with Crippen LogP contribution in [0.5, 0.6) is 0 Å². The van der Waals surface area contributed by atoms with E-state index in [0.29, 0.717) is 26.0 Å². The third-order valence-electron chi connectivity index (χ3n) is 3.98. The maximum absolute atomic E-state index is 12.2. The lowest BCUT2D eigenvalue weighted by Gasteiger charge is -2.32. The van der Waals surface area contributed by atoms with E-state index in [1.54, 1.807) is 0 Å². The van der Waals surface area contributed by atoms with E-state index >= 15 is 0 Å². The number of nitrogens with one attached hydrogen (secondary N) is 1. The molecule has 2 heterocycles. The monoisotopic (exact) mass is 321 g/mol. The van der Waals surface area contributed by atoms with Crippen LogP contribution in [0.15, 0.2) is 0 Å². The van der Waals surface area contributed by atoms with Gasteiger partial charge in [0.15, 0.2) is 0 Å². The molecule has 0 bridgehead atoms. The van der Waals surface area contributed by atoms with Crippen molar-refractivity contribution in [3.8, 4) is 0 Å². The zero-order chi connectivity index (χ0) is 15.5. The standard InChI is InChI=1S/C12H23N3O5S/c1-14-6-7-20-11(9-14)8-13-21(18,19)15-4-2-10(3-5-15)12(16)17/h10-11,13H,2-9H2,1H3,(H,16,17). The largest absolute Gasteiger partial charge is 0.481 e. The molecule has 0 aromatic carbocycles. The van der Waals surface area contributed by atoms with E-state index in [1.165, 1.54) is 4.31 Å². The fraction of sp³-hybridized carbons (Fsp3) is 0.917. The minimum Gasteiger partial charge on any atom is -0.481 e. The summed E-state index contributed by atoms with van der Waals surface area (Å²) in [6.07, 6.45) is 0.577. The summed E-state index contributed by atoms with van der Waals surface area (Å²) in [5.74, 6) is -1.29. The topological polar surface area (TPSA) is 99.2 Å². The van der Waals surface area contributed by atoms with E-state index in [9.17, 15) is 13.2 Å². The molecule has 0 radical (unpaired) electrons. The number of piperidine rings is 1. The van der Waals surface area contributed by atoms with Gasteiger partial charge >= 0.3 is 5.97 Å². The Kier molecular flexibility index (Phi) is 5.55. The number of carbonyl (C=O) groups is 1. The maximum atomic E-state index is 12.2. The maximum Gasteiger partial charge on any atom is 0.306 e. The van der Waals surface area contributed by atoms with Gasteiger partial charge < -0.3 is 14.7 Å². The molecule has 122 valence electrons. The lowest BCUT2D eigenvalue weighted by molar-refractivity contribution is -0.142. The molecule has 1 unspecified atom stereocenters. The summed E-state index contributed by atoms with van der Waals surface area (Å²) in [5.41, 5.74) is 0. The molecule has 8 nitrogen and oxygen atoms in total. The van der Waals surface area contributed by atoms with Crippen molar-refractivity contribution in [3.63, 3.8) is 0 Å². The van der Waals surface area contributed by atoms with Crippen molar-refractivity contribution in [1.82, 2.24) is 13.9 Å². The number of rotatable bonds is 5. The fourth-order valence-electron chi connectivity index (χ4n) is 2.62. The van der Waals surface area contributed by atoms with E-state index in [-0.39, 0.29) is 25.7 Å². The van der Waals surface area contributed by atoms with Gasteiger partial charge in [-0.2, -0.15) is 17.4 Å². The van der Waals surface area contributed by atoms with Crippen LogP contribution in [0.4, 0.5) is 0 Å². The Labute approximate surface area is 125 Å². The third-order valence-corrected chi connectivity index (χ3v) is 5.55. The van der Waals surface area contributed by atoms with Crippen molar-refractivity contribution < 1.29 is 23.1 Å². The molecule has 21 heavy (non-hydrogen) atoms. The normalized spacial score (nSPS) is 26.8. The SMILES string of the molecule is CN1CCOC(CNS(=O)(=O)N2CCC(C(=O)O)CC2)C1. The van der Waals surface area contributed by atoms with Crippen molar-refractivity contribution in [3.05, 3.63) is 0 Å². The summed E-state index contributed by atoms with van der Waals surface area (Å²) in [6, 6.07) is 0. The number of morpholine rings is 1. The van der Waals surface area contributed by atoms with E-state index in [2.05, 4.69) is 9.62 Å². The Bertz CT molecular complexity index is 462. The molecule has 2 fully saturated rings. The first kappa shape index (κ1) is 16.6. The average molecular weight is 321 g/mol. The predicted molar refractivity (Wildman–Crippen MR) is 76.1 cm³/mol. The second-order valence-electron chi connectivity index (χ2n) is 5.62. The fourth-order valence-corrected chi connectivity index (χ4v) is 3.89. The molecule has 0 aromatic rings. The van der Waals surface area contributed by atoms with Crippen LogP contribution < -0.4 is 4.72 Å². The first-order valence-corrected chi connectivity index (χ1v) is 8.60. The number of nitrogens with zero attached hydrogens (tertiary/aromatic N) is 2. The minimum absolute atomic E-state index is 0.143. The molecule has 2 N–H and O–H groups in total. The van der Waals surface area contributed by atoms with Crippen LogP contribution in [0.2, 0.25) is 0 Å². The van der Waals surface area contributed by atoms with Crippen molar-refractivity contribution in [2.75, 3.05) is 46.4 Å². The highest BCUT2D eigenvalue weighted by Crippen LogP contribution is 2.19. The molecule has 0 amide bonds. The number of carboxylic acids is 1. The second kappa shape index (κ2) is 7.01. The number of hydrogen-bond acceptors (Lipinski definition) is 5. The average Bonchev–Trinajstić information content (AvgIpc) is 2.45. The number of aliphatic carboxylic acids is 1. The van der Waals surface area contributed by atoms with Crippen molar-refractivity contribution in [1.29, 1.82) is 0 Å². The highest BCUT2D eigenvalue weighted by molar-refractivity contribution is 7.87. The lowest BCUT2D eigenvalue weighted by atomic mass is 9.99. The molecule has 1 atom stereocenters. The van der Waals surface area contributed by atoms with Crippen LogP contribution in [0.25, 0.3) is 0 Å². The van der Waals surface area contributed by atoms with Gasteiger partial charge in [-0.3, -0.25) is 4.79 Å². The number of carboxylic acid groups (broad SMARTS) is 1. The molecule has 2 rings (SSSR count). The minimum atomic E-state index is -3.56. The third kappa shape index (κ3) is 4.62. The lowest BCUT2D eigenvalue weighted by Crippen LogP contribution is -2.50. The molecule has 2 aliphatic rings. The quantitative estimate of drug-likeness (QED) is 0.670. The smallest absolute Gasteiger partial charge is 0.306 e. The summed E-state index contributed by atoms with van der Waals surface area (Å²) < 4.78 is 33.8. The Morgan fingerprint density at radius 1 is 1.33 bits per heavy atom. The second-order valence-corrected chi connectivity index (χ2v) is 7.38. The molecule has 9 heteroatoms. The van der Waals surface area contributed by atoms with Crippen molar-refractivity contribution in [2.45, 2.75) is 18.9 Å². The Hall–Kier alpha value is -0.740. The van der Waals surface area contributed by atoms with Crippen LogP contribution in [-0.2, 0) is 19.7 Å². The summed E-state index contributed by atoms with van der Waals surface area (Å²) in [6.45, 7) is 2.89. The highest BCUT2D eigenvalue weighted by Gasteiger charge is 2.31. The number of likely N-dealkylation sites (N-methyl/N-ethyl adjacent to an activating group) is 1. The van der Waals surface area contributed by atoms with Gasteiger partial charge in [0.05, 0.1) is 18.6 Å². The highest BCUT2D eigenvalue weighted by atomic mass is 32.2. The van der Waals surface area contributed by atoms with Crippen LogP contribution in [0.1, 0.15) is 12.8 Å². The van der Waals surface area contributed by atoms with Crippen molar-refractivity contribution >= 4 is 16.2 Å². The van der Waals surface area contributed by atoms with Crippen LogP contribution in [-0.4, -0.2) is 81.2 Å². The van der Waals surface area contributed by atoms with E-state index in [4.69, 9.17) is 9.84 Å². The van der Waals surface area contributed by atoms with Gasteiger partial charge in [0.1, 0.15) is 0 Å². The van der Waals surface area contributed by atoms with Gasteiger partial charge in [0.2, 0.25) is 0 Å². The predicted octanol–water partition coefficient (Wildman–Crippen LogP) is -1.05. The van der Waals surface area contributed by atoms with E-state index in [0.717, 1.165) is 6.54 Å². The van der Waals surface area contributed by atoms with Gasteiger partial charge in [0.25, 0.3) is 10.2 Å². The molecule has 0 aromatic heterocycles. The van der Waals surface area contributed by atoms with E-state index in [1.807, 2.05) is 7.05 Å². The van der Waals surface area contributed by atoms with Crippen LogP contribution in [0.3, 0.4) is 0 Å². The molecule has 2 aliphatic heterocycles. The van der Waals surface area contributed by atoms with Gasteiger partial charge in [-0.05, 0) is 19.9 Å². The van der Waals surface area contributed by atoms with Crippen LogP contribution in [0, 0.1) is 5.92 Å². The molecular formula is C12H23N3O5S. The first-order valence-electron chi connectivity index (χ1n) is 7.16. The molecule has 2 saturated heterocycles. The number of hydrogen-bond donors (Lipinski definition) is 2. The number of ether oxygens (including phenoxy) is 1. The van der Waals surface area contributed by atoms with Gasteiger partial charge in [-0.1, -0.05) is 0 Å². The first-order chi connectivity index (χ1) is 9.88. The summed E-state index contributed by atoms with van der Waals surface area (Å²) >= 11 is 0. The summed E-state index contributed by atoms with van der Waals surface area (Å²) in [5, 5.41) is 8.92. The molecule has 0 spiro atoms.